The maximum absolute atomic E-state index is 11.9. The van der Waals surface area contributed by atoms with Gasteiger partial charge in [-0.1, -0.05) is 30.5 Å². The molecule has 1 aromatic rings. The van der Waals surface area contributed by atoms with Crippen LogP contribution in [0.15, 0.2) is 18.2 Å². The van der Waals surface area contributed by atoms with Crippen molar-refractivity contribution in [2.24, 2.45) is 0 Å². The van der Waals surface area contributed by atoms with Gasteiger partial charge in [-0.15, -0.1) is 0 Å². The summed E-state index contributed by atoms with van der Waals surface area (Å²) in [6.45, 7) is 2.12. The number of hydrogen-bond acceptors (Lipinski definition) is 3. The van der Waals surface area contributed by atoms with Gasteiger partial charge in [-0.05, 0) is 37.5 Å². The highest BCUT2D eigenvalue weighted by Gasteiger charge is 2.22. The third kappa shape index (κ3) is 4.20. The van der Waals surface area contributed by atoms with Gasteiger partial charge in [0.25, 0.3) is 0 Å². The summed E-state index contributed by atoms with van der Waals surface area (Å²) < 4.78 is 0. The standard InChI is InChI=1S/C15H21ClN2O2/c1-10-6-7-11(16)8-13(10)18-15(20)9-17-12-4-2-3-5-14(12)19/h6-8,12,14,17,19H,2-5,9H2,1H3,(H,18,20). The summed E-state index contributed by atoms with van der Waals surface area (Å²) >= 11 is 5.92. The van der Waals surface area contributed by atoms with Crippen molar-refractivity contribution in [3.8, 4) is 0 Å². The Morgan fingerprint density at radius 2 is 2.15 bits per heavy atom. The van der Waals surface area contributed by atoms with Crippen LogP contribution in [0.2, 0.25) is 5.02 Å². The Morgan fingerprint density at radius 1 is 1.40 bits per heavy atom. The number of carbonyl (C=O) groups excluding carboxylic acids is 1. The van der Waals surface area contributed by atoms with E-state index >= 15 is 0 Å². The van der Waals surface area contributed by atoms with E-state index in [4.69, 9.17) is 11.6 Å². The van der Waals surface area contributed by atoms with Crippen molar-refractivity contribution in [1.29, 1.82) is 0 Å². The van der Waals surface area contributed by atoms with Gasteiger partial charge in [0.05, 0.1) is 12.6 Å². The highest BCUT2D eigenvalue weighted by Crippen LogP contribution is 2.20. The molecular formula is C15H21ClN2O2. The quantitative estimate of drug-likeness (QED) is 0.800. The summed E-state index contributed by atoms with van der Waals surface area (Å²) in [4.78, 5) is 11.9. The number of nitrogens with one attached hydrogen (secondary N) is 2. The number of rotatable bonds is 4. The molecule has 0 aliphatic heterocycles. The predicted octanol–water partition coefficient (Wildman–Crippen LogP) is 2.48. The Kier molecular flexibility index (Phi) is 5.40. The molecule has 0 bridgehead atoms. The second-order valence-electron chi connectivity index (χ2n) is 5.35. The monoisotopic (exact) mass is 296 g/mol. The molecule has 0 aromatic heterocycles. The largest absolute Gasteiger partial charge is 0.392 e. The lowest BCUT2D eigenvalue weighted by molar-refractivity contribution is -0.115. The fourth-order valence-corrected chi connectivity index (χ4v) is 2.67. The Morgan fingerprint density at radius 3 is 2.90 bits per heavy atom. The Labute approximate surface area is 124 Å². The van der Waals surface area contributed by atoms with Gasteiger partial charge in [-0.2, -0.15) is 0 Å². The molecule has 2 rings (SSSR count). The number of carbonyl (C=O) groups is 1. The number of hydrogen-bond donors (Lipinski definition) is 3. The first kappa shape index (κ1) is 15.3. The Hall–Kier alpha value is -1.10. The van der Waals surface area contributed by atoms with E-state index in [1.54, 1.807) is 12.1 Å². The van der Waals surface area contributed by atoms with Crippen LogP contribution < -0.4 is 10.6 Å². The SMILES string of the molecule is Cc1ccc(Cl)cc1NC(=O)CNC1CCCCC1O. The highest BCUT2D eigenvalue weighted by atomic mass is 35.5. The second kappa shape index (κ2) is 7.07. The third-order valence-electron chi connectivity index (χ3n) is 3.73. The molecule has 2 unspecified atom stereocenters. The molecule has 0 radical (unpaired) electrons. The molecule has 0 heterocycles. The zero-order chi connectivity index (χ0) is 14.5. The van der Waals surface area contributed by atoms with Crippen LogP contribution in [-0.2, 0) is 4.79 Å². The average Bonchev–Trinajstić information content (AvgIpc) is 2.42. The second-order valence-corrected chi connectivity index (χ2v) is 5.78. The van der Waals surface area contributed by atoms with E-state index in [9.17, 15) is 9.90 Å². The molecular weight excluding hydrogens is 276 g/mol. The van der Waals surface area contributed by atoms with Crippen molar-refractivity contribution in [3.63, 3.8) is 0 Å². The van der Waals surface area contributed by atoms with Crippen LogP contribution in [0.5, 0.6) is 0 Å². The van der Waals surface area contributed by atoms with Gasteiger partial charge < -0.3 is 15.7 Å². The van der Waals surface area contributed by atoms with Gasteiger partial charge in [-0.25, -0.2) is 0 Å². The molecule has 1 amide bonds. The van der Waals surface area contributed by atoms with E-state index in [-0.39, 0.29) is 24.6 Å². The molecule has 1 aliphatic rings. The van der Waals surface area contributed by atoms with Gasteiger partial charge in [0, 0.05) is 16.8 Å². The van der Waals surface area contributed by atoms with Gasteiger partial charge in [0.1, 0.15) is 0 Å². The third-order valence-corrected chi connectivity index (χ3v) is 3.96. The number of anilines is 1. The average molecular weight is 297 g/mol. The van der Waals surface area contributed by atoms with Crippen molar-refractivity contribution in [2.45, 2.75) is 44.8 Å². The normalized spacial score (nSPS) is 22.6. The number of benzene rings is 1. The van der Waals surface area contributed by atoms with Crippen LogP contribution in [0.25, 0.3) is 0 Å². The first-order chi connectivity index (χ1) is 9.56. The summed E-state index contributed by atoms with van der Waals surface area (Å²) in [5.74, 6) is -0.117. The van der Waals surface area contributed by atoms with E-state index in [0.717, 1.165) is 36.9 Å². The number of aliphatic hydroxyl groups is 1. The molecule has 5 heteroatoms. The summed E-state index contributed by atoms with van der Waals surface area (Å²) in [7, 11) is 0. The van der Waals surface area contributed by atoms with E-state index in [1.165, 1.54) is 0 Å². The minimum absolute atomic E-state index is 0.0231. The topological polar surface area (TPSA) is 61.4 Å². The zero-order valence-corrected chi connectivity index (χ0v) is 12.4. The fraction of sp³-hybridized carbons (Fsp3) is 0.533. The molecule has 0 spiro atoms. The van der Waals surface area contributed by atoms with Crippen molar-refractivity contribution in [3.05, 3.63) is 28.8 Å². The molecule has 1 aliphatic carbocycles. The number of halogens is 1. The first-order valence-corrected chi connectivity index (χ1v) is 7.41. The van der Waals surface area contributed by atoms with Crippen LogP contribution >= 0.6 is 11.6 Å². The zero-order valence-electron chi connectivity index (χ0n) is 11.7. The molecule has 2 atom stereocenters. The summed E-state index contributed by atoms with van der Waals surface area (Å²) in [5.41, 5.74) is 1.70. The minimum atomic E-state index is -0.343. The molecule has 1 saturated carbocycles. The van der Waals surface area contributed by atoms with E-state index < -0.39 is 0 Å². The van der Waals surface area contributed by atoms with Gasteiger partial charge in [0.2, 0.25) is 5.91 Å². The lowest BCUT2D eigenvalue weighted by Gasteiger charge is -2.28. The van der Waals surface area contributed by atoms with Gasteiger partial charge in [0.15, 0.2) is 0 Å². The van der Waals surface area contributed by atoms with Crippen molar-refractivity contribution < 1.29 is 9.90 Å². The van der Waals surface area contributed by atoms with E-state index in [1.807, 2.05) is 13.0 Å². The first-order valence-electron chi connectivity index (χ1n) is 7.03. The summed E-state index contributed by atoms with van der Waals surface area (Å²) in [6.07, 6.45) is 3.55. The smallest absolute Gasteiger partial charge is 0.238 e. The molecule has 4 nitrogen and oxygen atoms in total. The van der Waals surface area contributed by atoms with Crippen molar-refractivity contribution in [1.82, 2.24) is 5.32 Å². The minimum Gasteiger partial charge on any atom is -0.392 e. The number of amides is 1. The van der Waals surface area contributed by atoms with Crippen LogP contribution in [0.3, 0.4) is 0 Å². The predicted molar refractivity (Wildman–Crippen MR) is 81.1 cm³/mol. The van der Waals surface area contributed by atoms with E-state index in [0.29, 0.717) is 5.02 Å². The molecule has 1 aromatic carbocycles. The molecule has 0 saturated heterocycles. The Bertz CT molecular complexity index is 479. The lowest BCUT2D eigenvalue weighted by Crippen LogP contribution is -2.45. The number of aliphatic hydroxyl groups excluding tert-OH is 1. The summed E-state index contributed by atoms with van der Waals surface area (Å²) in [5, 5.41) is 16.4. The number of aryl methyl sites for hydroxylation is 1. The maximum Gasteiger partial charge on any atom is 0.238 e. The van der Waals surface area contributed by atoms with Crippen LogP contribution in [0.4, 0.5) is 5.69 Å². The molecule has 20 heavy (non-hydrogen) atoms. The van der Waals surface area contributed by atoms with Gasteiger partial charge in [-0.3, -0.25) is 4.79 Å². The van der Waals surface area contributed by atoms with Crippen LogP contribution in [-0.4, -0.2) is 29.7 Å². The van der Waals surface area contributed by atoms with Crippen molar-refractivity contribution >= 4 is 23.2 Å². The highest BCUT2D eigenvalue weighted by molar-refractivity contribution is 6.31. The maximum atomic E-state index is 11.9. The molecule has 1 fully saturated rings. The molecule has 110 valence electrons. The van der Waals surface area contributed by atoms with Crippen LogP contribution in [0, 0.1) is 6.92 Å². The van der Waals surface area contributed by atoms with Gasteiger partial charge >= 0.3 is 0 Å². The summed E-state index contributed by atoms with van der Waals surface area (Å²) in [6, 6.07) is 5.43. The fourth-order valence-electron chi connectivity index (χ4n) is 2.50. The van der Waals surface area contributed by atoms with Crippen molar-refractivity contribution in [2.75, 3.05) is 11.9 Å². The lowest BCUT2D eigenvalue weighted by atomic mass is 9.92. The van der Waals surface area contributed by atoms with Crippen LogP contribution in [0.1, 0.15) is 31.2 Å². The molecule has 3 N–H and O–H groups in total. The Balaban J connectivity index is 1.84. The van der Waals surface area contributed by atoms with E-state index in [2.05, 4.69) is 10.6 Å².